The van der Waals surface area contributed by atoms with E-state index in [4.69, 9.17) is 10.8 Å². The Bertz CT molecular complexity index is 410. The smallest absolute Gasteiger partial charge is 0.147 e. The Morgan fingerprint density at radius 1 is 1.00 bits per heavy atom. The van der Waals surface area contributed by atoms with Gasteiger partial charge in [-0.2, -0.15) is 0 Å². The first-order chi connectivity index (χ1) is 8.38. The highest BCUT2D eigenvalue weighted by Gasteiger charge is 2.23. The molecule has 0 unspecified atom stereocenters. The first-order valence-electron chi connectivity index (χ1n) is 6.75. The molecule has 0 atom stereocenters. The van der Waals surface area contributed by atoms with Crippen molar-refractivity contribution in [1.29, 1.82) is 0 Å². The number of nitrogen functional groups attached to an aromatic ring is 1. The van der Waals surface area contributed by atoms with Crippen LogP contribution in [0.5, 0.6) is 0 Å². The van der Waals surface area contributed by atoms with E-state index in [0.29, 0.717) is 5.92 Å². The average Bonchev–Trinajstić information content (AvgIpc) is 2.86. The summed E-state index contributed by atoms with van der Waals surface area (Å²) < 4.78 is 0. The highest BCUT2D eigenvalue weighted by atomic mass is 15.3. The monoisotopic (exact) mass is 232 g/mol. The summed E-state index contributed by atoms with van der Waals surface area (Å²) in [6.45, 7) is 0. The van der Waals surface area contributed by atoms with Crippen molar-refractivity contribution in [3.05, 3.63) is 17.1 Å². The quantitative estimate of drug-likeness (QED) is 0.606. The highest BCUT2D eigenvalue weighted by molar-refractivity contribution is 5.48. The Kier molecular flexibility index (Phi) is 2.97. The van der Waals surface area contributed by atoms with E-state index in [2.05, 4.69) is 10.4 Å². The van der Waals surface area contributed by atoms with Crippen LogP contribution in [0, 0.1) is 0 Å². The van der Waals surface area contributed by atoms with Crippen LogP contribution in [-0.4, -0.2) is 9.97 Å². The number of aryl methyl sites for hydroxylation is 1. The molecule has 3 rings (SSSR count). The molecular weight excluding hydrogens is 212 g/mol. The topological polar surface area (TPSA) is 63.8 Å². The molecule has 17 heavy (non-hydrogen) atoms. The first kappa shape index (κ1) is 11.0. The summed E-state index contributed by atoms with van der Waals surface area (Å²) in [6.07, 6.45) is 9.82. The second kappa shape index (κ2) is 4.61. The van der Waals surface area contributed by atoms with Crippen LogP contribution in [0.4, 0.5) is 5.82 Å². The lowest BCUT2D eigenvalue weighted by molar-refractivity contribution is 0.428. The van der Waals surface area contributed by atoms with Gasteiger partial charge in [0.25, 0.3) is 0 Å². The molecule has 0 radical (unpaired) electrons. The molecule has 1 saturated carbocycles. The van der Waals surface area contributed by atoms with Crippen molar-refractivity contribution in [2.24, 2.45) is 5.84 Å². The minimum atomic E-state index is 0.557. The third-order valence-electron chi connectivity index (χ3n) is 4.06. The Balaban J connectivity index is 1.94. The van der Waals surface area contributed by atoms with Gasteiger partial charge in [0.15, 0.2) is 0 Å². The standard InChI is InChI=1S/C13H20N4/c14-17-13-10-7-4-8-11(10)15-12(16-13)9-5-2-1-3-6-9/h9H,1-8,14H2,(H,15,16,17). The number of aromatic nitrogens is 2. The van der Waals surface area contributed by atoms with Crippen molar-refractivity contribution in [1.82, 2.24) is 9.97 Å². The third kappa shape index (κ3) is 2.02. The zero-order chi connectivity index (χ0) is 11.7. The minimum absolute atomic E-state index is 0.557. The molecule has 0 aliphatic heterocycles. The molecule has 0 aromatic carbocycles. The van der Waals surface area contributed by atoms with Crippen molar-refractivity contribution in [3.63, 3.8) is 0 Å². The number of fused-ring (bicyclic) bond motifs is 1. The minimum Gasteiger partial charge on any atom is -0.308 e. The Hall–Kier alpha value is -1.16. The van der Waals surface area contributed by atoms with Gasteiger partial charge in [-0.1, -0.05) is 19.3 Å². The van der Waals surface area contributed by atoms with Gasteiger partial charge in [-0.15, -0.1) is 0 Å². The van der Waals surface area contributed by atoms with Gasteiger partial charge in [-0.05, 0) is 32.1 Å². The normalized spacial score (nSPS) is 20.3. The average molecular weight is 232 g/mol. The molecule has 2 aliphatic rings. The molecule has 4 nitrogen and oxygen atoms in total. The van der Waals surface area contributed by atoms with Crippen LogP contribution in [0.25, 0.3) is 0 Å². The van der Waals surface area contributed by atoms with Gasteiger partial charge in [-0.25, -0.2) is 15.8 Å². The van der Waals surface area contributed by atoms with Crippen molar-refractivity contribution in [3.8, 4) is 0 Å². The zero-order valence-corrected chi connectivity index (χ0v) is 10.2. The van der Waals surface area contributed by atoms with E-state index >= 15 is 0 Å². The third-order valence-corrected chi connectivity index (χ3v) is 4.06. The molecule has 2 aliphatic carbocycles. The number of nitrogens with one attached hydrogen (secondary N) is 1. The summed E-state index contributed by atoms with van der Waals surface area (Å²) in [5, 5.41) is 0. The molecular formula is C13H20N4. The van der Waals surface area contributed by atoms with Crippen LogP contribution < -0.4 is 11.3 Å². The van der Waals surface area contributed by atoms with E-state index in [9.17, 15) is 0 Å². The van der Waals surface area contributed by atoms with Crippen LogP contribution in [0.1, 0.15) is 61.5 Å². The fraction of sp³-hybridized carbons (Fsp3) is 0.692. The van der Waals surface area contributed by atoms with Gasteiger partial charge in [0.05, 0.1) is 0 Å². The molecule has 1 heterocycles. The Morgan fingerprint density at radius 2 is 1.82 bits per heavy atom. The van der Waals surface area contributed by atoms with E-state index < -0.39 is 0 Å². The van der Waals surface area contributed by atoms with Gasteiger partial charge in [0.1, 0.15) is 11.6 Å². The fourth-order valence-electron chi connectivity index (χ4n) is 3.11. The predicted molar refractivity (Wildman–Crippen MR) is 67.7 cm³/mol. The lowest BCUT2D eigenvalue weighted by atomic mass is 9.88. The van der Waals surface area contributed by atoms with E-state index in [1.807, 2.05) is 0 Å². The molecule has 1 fully saturated rings. The second-order valence-electron chi connectivity index (χ2n) is 5.19. The fourth-order valence-corrected chi connectivity index (χ4v) is 3.11. The van der Waals surface area contributed by atoms with Crippen LogP contribution in [0.15, 0.2) is 0 Å². The highest BCUT2D eigenvalue weighted by Crippen LogP contribution is 2.33. The number of anilines is 1. The Labute approximate surface area is 102 Å². The van der Waals surface area contributed by atoms with Crippen molar-refractivity contribution >= 4 is 5.82 Å². The summed E-state index contributed by atoms with van der Waals surface area (Å²) in [4.78, 5) is 9.42. The Morgan fingerprint density at radius 3 is 2.59 bits per heavy atom. The number of nitrogens with two attached hydrogens (primary N) is 1. The summed E-state index contributed by atoms with van der Waals surface area (Å²) in [5.41, 5.74) is 5.23. The van der Waals surface area contributed by atoms with Crippen LogP contribution in [0.3, 0.4) is 0 Å². The van der Waals surface area contributed by atoms with Crippen molar-refractivity contribution in [2.75, 3.05) is 5.43 Å². The maximum atomic E-state index is 5.58. The summed E-state index contributed by atoms with van der Waals surface area (Å²) in [5.74, 6) is 8.03. The largest absolute Gasteiger partial charge is 0.308 e. The van der Waals surface area contributed by atoms with Crippen molar-refractivity contribution < 1.29 is 0 Å². The van der Waals surface area contributed by atoms with Gasteiger partial charge in [-0.3, -0.25) is 0 Å². The predicted octanol–water partition coefficient (Wildman–Crippen LogP) is 2.30. The molecule has 0 spiro atoms. The van der Waals surface area contributed by atoms with Gasteiger partial charge in [0, 0.05) is 17.2 Å². The molecule has 92 valence electrons. The van der Waals surface area contributed by atoms with E-state index in [-0.39, 0.29) is 0 Å². The zero-order valence-electron chi connectivity index (χ0n) is 10.2. The first-order valence-corrected chi connectivity index (χ1v) is 6.75. The number of hydrazine groups is 1. The molecule has 1 aromatic heterocycles. The molecule has 1 aromatic rings. The van der Waals surface area contributed by atoms with Crippen LogP contribution in [0.2, 0.25) is 0 Å². The van der Waals surface area contributed by atoms with Crippen molar-refractivity contribution in [2.45, 2.75) is 57.3 Å². The number of rotatable bonds is 2. The molecule has 3 N–H and O–H groups in total. The lowest BCUT2D eigenvalue weighted by Crippen LogP contribution is -2.16. The maximum absolute atomic E-state index is 5.58. The van der Waals surface area contributed by atoms with E-state index in [0.717, 1.165) is 24.5 Å². The van der Waals surface area contributed by atoms with Crippen LogP contribution in [-0.2, 0) is 12.8 Å². The SMILES string of the molecule is NNc1nc(C2CCCCC2)nc2c1CCC2. The maximum Gasteiger partial charge on any atom is 0.147 e. The van der Waals surface area contributed by atoms with E-state index in [1.165, 1.54) is 49.8 Å². The second-order valence-corrected chi connectivity index (χ2v) is 5.19. The van der Waals surface area contributed by atoms with Crippen LogP contribution >= 0.6 is 0 Å². The van der Waals surface area contributed by atoms with E-state index in [1.54, 1.807) is 0 Å². The summed E-state index contributed by atoms with van der Waals surface area (Å²) in [7, 11) is 0. The number of hydrogen-bond acceptors (Lipinski definition) is 4. The molecule has 4 heteroatoms. The molecule has 0 amide bonds. The molecule has 0 bridgehead atoms. The number of nitrogens with zero attached hydrogens (tertiary/aromatic N) is 2. The van der Waals surface area contributed by atoms with Gasteiger partial charge in [0.2, 0.25) is 0 Å². The van der Waals surface area contributed by atoms with Gasteiger partial charge < -0.3 is 5.43 Å². The lowest BCUT2D eigenvalue weighted by Gasteiger charge is -2.21. The van der Waals surface area contributed by atoms with Gasteiger partial charge >= 0.3 is 0 Å². The number of hydrogen-bond donors (Lipinski definition) is 2. The summed E-state index contributed by atoms with van der Waals surface area (Å²) in [6, 6.07) is 0. The molecule has 0 saturated heterocycles. The summed E-state index contributed by atoms with van der Waals surface area (Å²) >= 11 is 0.